The van der Waals surface area contributed by atoms with E-state index in [1.165, 1.54) is 6.92 Å². The Morgan fingerprint density at radius 3 is 2.26 bits per heavy atom. The minimum Gasteiger partial charge on any atom is -0.292 e. The predicted octanol–water partition coefficient (Wildman–Crippen LogP) is 3.17. The number of ketones is 1. The number of alkyl halides is 5. The zero-order valence-electron chi connectivity index (χ0n) is 9.98. The number of rotatable bonds is 4. The van der Waals surface area contributed by atoms with Crippen molar-refractivity contribution < 1.29 is 26.7 Å². The number of Topliss-reactive ketones (excluding diaryl/α,β-unsaturated/α-hetero) is 1. The van der Waals surface area contributed by atoms with Crippen molar-refractivity contribution in [2.24, 2.45) is 0 Å². The van der Waals surface area contributed by atoms with E-state index in [4.69, 9.17) is 11.6 Å². The quantitative estimate of drug-likeness (QED) is 0.801. The molecule has 0 saturated carbocycles. The van der Waals surface area contributed by atoms with Gasteiger partial charge >= 0.3 is 12.1 Å². The zero-order chi connectivity index (χ0) is 15.0. The van der Waals surface area contributed by atoms with E-state index in [-0.39, 0.29) is 23.0 Å². The van der Waals surface area contributed by atoms with Gasteiger partial charge in [-0.15, -0.1) is 0 Å². The maximum Gasteiger partial charge on any atom is 0.461 e. The average Bonchev–Trinajstić information content (AvgIpc) is 2.55. The Morgan fingerprint density at radius 2 is 1.84 bits per heavy atom. The van der Waals surface area contributed by atoms with Crippen LogP contribution in [0.1, 0.15) is 18.3 Å². The summed E-state index contributed by atoms with van der Waals surface area (Å²) in [5.41, 5.74) is 0.122. The van der Waals surface area contributed by atoms with E-state index in [1.54, 1.807) is 6.92 Å². The van der Waals surface area contributed by atoms with E-state index >= 15 is 0 Å². The second kappa shape index (κ2) is 5.07. The molecule has 0 radical (unpaired) electrons. The van der Waals surface area contributed by atoms with Gasteiger partial charge in [0.05, 0.1) is 22.8 Å². The number of carbonyl (C=O) groups excluding carboxylic acids is 1. The van der Waals surface area contributed by atoms with Gasteiger partial charge in [-0.05, 0) is 13.8 Å². The van der Waals surface area contributed by atoms with Crippen molar-refractivity contribution >= 4 is 17.4 Å². The van der Waals surface area contributed by atoms with Crippen LogP contribution in [0, 0.1) is 6.92 Å². The van der Waals surface area contributed by atoms with Gasteiger partial charge in [-0.2, -0.15) is 27.1 Å². The molecule has 0 spiro atoms. The maximum absolute atomic E-state index is 12.8. The van der Waals surface area contributed by atoms with Crippen LogP contribution in [0.3, 0.4) is 0 Å². The number of hydrogen-bond acceptors (Lipinski definition) is 2. The first-order chi connectivity index (χ1) is 8.52. The second-order valence-corrected chi connectivity index (χ2v) is 4.21. The van der Waals surface area contributed by atoms with Crippen LogP contribution in [0.4, 0.5) is 22.0 Å². The molecular formula is C10H10ClF5N2O. The summed E-state index contributed by atoms with van der Waals surface area (Å²) in [5, 5.41) is 3.76. The Bertz CT molecular complexity index is 495. The van der Waals surface area contributed by atoms with Crippen molar-refractivity contribution in [2.75, 3.05) is 0 Å². The van der Waals surface area contributed by atoms with Crippen molar-refractivity contribution in [1.82, 2.24) is 9.78 Å². The minimum atomic E-state index is -5.91. The number of halogens is 6. The highest BCUT2D eigenvalue weighted by atomic mass is 35.5. The predicted molar refractivity (Wildman–Crippen MR) is 57.4 cm³/mol. The summed E-state index contributed by atoms with van der Waals surface area (Å²) in [7, 11) is 0. The molecule has 0 aromatic carbocycles. The summed E-state index contributed by atoms with van der Waals surface area (Å²) >= 11 is 5.74. The molecule has 0 atom stereocenters. The van der Waals surface area contributed by atoms with Gasteiger partial charge in [0.1, 0.15) is 0 Å². The molecule has 19 heavy (non-hydrogen) atoms. The highest BCUT2D eigenvalue weighted by molar-refractivity contribution is 6.32. The topological polar surface area (TPSA) is 34.9 Å². The molecule has 1 rings (SSSR count). The largest absolute Gasteiger partial charge is 0.461 e. The van der Waals surface area contributed by atoms with Gasteiger partial charge in [0.25, 0.3) is 0 Å². The molecule has 0 fully saturated rings. The Labute approximate surface area is 110 Å². The van der Waals surface area contributed by atoms with Gasteiger partial charge in [0.15, 0.2) is 0 Å². The molecule has 0 aliphatic heterocycles. The van der Waals surface area contributed by atoms with E-state index in [9.17, 15) is 26.7 Å². The molecular weight excluding hydrogens is 295 g/mol. The van der Waals surface area contributed by atoms with Crippen molar-refractivity contribution in [3.05, 3.63) is 16.4 Å². The van der Waals surface area contributed by atoms with E-state index in [0.29, 0.717) is 0 Å². The standard InChI is InChI=1S/C10H10ClF5N2O/c1-3-18-6(8(11)5(2)17-18)4-7(19)9(12,13)10(14,15)16/h3-4H2,1-2H3. The van der Waals surface area contributed by atoms with Crippen LogP contribution in [0.5, 0.6) is 0 Å². The lowest BCUT2D eigenvalue weighted by Crippen LogP contribution is -2.45. The number of nitrogens with zero attached hydrogens (tertiary/aromatic N) is 2. The van der Waals surface area contributed by atoms with Crippen LogP contribution < -0.4 is 0 Å². The van der Waals surface area contributed by atoms with Crippen molar-refractivity contribution in [1.29, 1.82) is 0 Å². The first-order valence-electron chi connectivity index (χ1n) is 5.22. The lowest BCUT2D eigenvalue weighted by molar-refractivity contribution is -0.268. The van der Waals surface area contributed by atoms with Crippen molar-refractivity contribution in [3.8, 4) is 0 Å². The highest BCUT2D eigenvalue weighted by Gasteiger charge is 2.62. The smallest absolute Gasteiger partial charge is 0.292 e. The van der Waals surface area contributed by atoms with Crippen LogP contribution in [0.15, 0.2) is 0 Å². The maximum atomic E-state index is 12.8. The third kappa shape index (κ3) is 2.88. The first kappa shape index (κ1) is 15.9. The molecule has 0 amide bonds. The third-order valence-electron chi connectivity index (χ3n) is 2.49. The van der Waals surface area contributed by atoms with Crippen LogP contribution in [-0.4, -0.2) is 27.7 Å². The fraction of sp³-hybridized carbons (Fsp3) is 0.600. The molecule has 108 valence electrons. The number of aromatic nitrogens is 2. The Balaban J connectivity index is 3.07. The second-order valence-electron chi connectivity index (χ2n) is 3.83. The molecule has 1 aromatic rings. The van der Waals surface area contributed by atoms with E-state index in [2.05, 4.69) is 5.10 Å². The minimum absolute atomic E-state index is 0.0758. The van der Waals surface area contributed by atoms with E-state index in [0.717, 1.165) is 4.68 Å². The van der Waals surface area contributed by atoms with Crippen LogP contribution in [0.25, 0.3) is 0 Å². The summed E-state index contributed by atoms with van der Waals surface area (Å²) in [4.78, 5) is 11.1. The molecule has 0 bridgehead atoms. The van der Waals surface area contributed by atoms with Gasteiger partial charge in [-0.3, -0.25) is 9.48 Å². The van der Waals surface area contributed by atoms with Crippen LogP contribution in [-0.2, 0) is 17.8 Å². The highest BCUT2D eigenvalue weighted by Crippen LogP contribution is 2.37. The zero-order valence-corrected chi connectivity index (χ0v) is 10.7. The van der Waals surface area contributed by atoms with Gasteiger partial charge < -0.3 is 0 Å². The van der Waals surface area contributed by atoms with Gasteiger partial charge in [-0.1, -0.05) is 11.6 Å². The summed E-state index contributed by atoms with van der Waals surface area (Å²) in [6.45, 7) is 3.26. The van der Waals surface area contributed by atoms with Gasteiger partial charge in [0, 0.05) is 6.54 Å². The number of aryl methyl sites for hydroxylation is 2. The molecule has 0 N–H and O–H groups in total. The lowest BCUT2D eigenvalue weighted by Gasteiger charge is -2.18. The van der Waals surface area contributed by atoms with Gasteiger partial charge in [-0.25, -0.2) is 0 Å². The Kier molecular flexibility index (Phi) is 4.23. The number of carbonyl (C=O) groups is 1. The monoisotopic (exact) mass is 304 g/mol. The van der Waals surface area contributed by atoms with Gasteiger partial charge in [0.2, 0.25) is 5.78 Å². The van der Waals surface area contributed by atoms with Crippen LogP contribution >= 0.6 is 11.6 Å². The summed E-state index contributed by atoms with van der Waals surface area (Å²) < 4.78 is 62.9. The van der Waals surface area contributed by atoms with Crippen molar-refractivity contribution in [2.45, 2.75) is 38.9 Å². The average molecular weight is 305 g/mol. The third-order valence-corrected chi connectivity index (χ3v) is 2.98. The molecule has 1 heterocycles. The SMILES string of the molecule is CCn1nc(C)c(Cl)c1CC(=O)C(F)(F)C(F)(F)F. The molecule has 0 aliphatic rings. The van der Waals surface area contributed by atoms with Crippen LogP contribution in [0.2, 0.25) is 5.02 Å². The molecule has 0 saturated heterocycles. The fourth-order valence-corrected chi connectivity index (χ4v) is 1.66. The lowest BCUT2D eigenvalue weighted by atomic mass is 10.1. The normalized spacial score (nSPS) is 12.8. The summed E-state index contributed by atoms with van der Waals surface area (Å²) in [6, 6.07) is 0. The number of hydrogen-bond donors (Lipinski definition) is 0. The molecule has 3 nitrogen and oxygen atoms in total. The van der Waals surface area contributed by atoms with E-state index < -0.39 is 24.3 Å². The first-order valence-corrected chi connectivity index (χ1v) is 5.59. The molecule has 0 unspecified atom stereocenters. The molecule has 9 heteroatoms. The van der Waals surface area contributed by atoms with Crippen molar-refractivity contribution in [3.63, 3.8) is 0 Å². The molecule has 0 aliphatic carbocycles. The summed E-state index contributed by atoms with van der Waals surface area (Å²) in [5.74, 6) is -7.65. The Hall–Kier alpha value is -1.18. The fourth-order valence-electron chi connectivity index (χ4n) is 1.46. The Morgan fingerprint density at radius 1 is 1.32 bits per heavy atom. The summed E-state index contributed by atoms with van der Waals surface area (Å²) in [6.07, 6.45) is -7.04. The molecule has 1 aromatic heterocycles. The van der Waals surface area contributed by atoms with E-state index in [1.807, 2.05) is 0 Å².